The number of ether oxygens (including phenoxy) is 1. The first kappa shape index (κ1) is 22.1. The summed E-state index contributed by atoms with van der Waals surface area (Å²) in [4.78, 5) is 34.4. The second-order valence-electron chi connectivity index (χ2n) is 9.82. The Kier molecular flexibility index (Phi) is 6.19. The number of aromatic nitrogens is 1. The number of nitrogens with zero attached hydrogens (tertiary/aromatic N) is 3. The van der Waals surface area contributed by atoms with Crippen LogP contribution in [0.4, 0.5) is 0 Å². The predicted molar refractivity (Wildman–Crippen MR) is 127 cm³/mol. The number of hydrogen-bond acceptors (Lipinski definition) is 5. The van der Waals surface area contributed by atoms with Crippen molar-refractivity contribution in [2.24, 2.45) is 5.92 Å². The van der Waals surface area contributed by atoms with Gasteiger partial charge in [0.05, 0.1) is 5.56 Å². The molecule has 6 nitrogen and oxygen atoms in total. The van der Waals surface area contributed by atoms with Gasteiger partial charge in [-0.1, -0.05) is 24.6 Å². The van der Waals surface area contributed by atoms with E-state index in [2.05, 4.69) is 9.88 Å². The third-order valence-electron chi connectivity index (χ3n) is 7.73. The Labute approximate surface area is 195 Å². The number of benzene rings is 1. The molecular weight excluding hydrogens is 414 g/mol. The van der Waals surface area contributed by atoms with Gasteiger partial charge in [0.25, 0.3) is 0 Å². The molecule has 0 bridgehead atoms. The van der Waals surface area contributed by atoms with Gasteiger partial charge in [-0.15, -0.1) is 0 Å². The third kappa shape index (κ3) is 4.41. The molecule has 0 atom stereocenters. The molecule has 1 amide bonds. The fourth-order valence-electron chi connectivity index (χ4n) is 5.71. The van der Waals surface area contributed by atoms with E-state index in [1.807, 2.05) is 42.3 Å². The summed E-state index contributed by atoms with van der Waals surface area (Å²) in [6, 6.07) is 9.89. The third-order valence-corrected chi connectivity index (χ3v) is 7.73. The van der Waals surface area contributed by atoms with E-state index in [0.717, 1.165) is 55.7 Å². The summed E-state index contributed by atoms with van der Waals surface area (Å²) in [7, 11) is 1.93. The zero-order valence-electron chi connectivity index (χ0n) is 19.5. The molecule has 3 heterocycles. The van der Waals surface area contributed by atoms with E-state index >= 15 is 0 Å². The summed E-state index contributed by atoms with van der Waals surface area (Å²) < 4.78 is 5.98. The minimum absolute atomic E-state index is 0.0133. The number of rotatable bonds is 5. The second-order valence-corrected chi connectivity index (χ2v) is 9.82. The molecule has 1 aromatic carbocycles. The van der Waals surface area contributed by atoms with E-state index in [0.29, 0.717) is 18.4 Å². The van der Waals surface area contributed by atoms with Crippen molar-refractivity contribution in [1.29, 1.82) is 0 Å². The Hall–Kier alpha value is -2.73. The molecule has 6 heteroatoms. The number of likely N-dealkylation sites (N-methyl/N-ethyl adjacent to an activating group) is 1. The Bertz CT molecular complexity index is 1010. The number of carbonyl (C=O) groups excluding carboxylic acids is 2. The molecule has 2 fully saturated rings. The molecule has 1 aromatic heterocycles. The van der Waals surface area contributed by atoms with Crippen molar-refractivity contribution in [2.45, 2.75) is 50.5 Å². The van der Waals surface area contributed by atoms with Gasteiger partial charge in [0.2, 0.25) is 5.91 Å². The van der Waals surface area contributed by atoms with E-state index in [1.165, 1.54) is 19.3 Å². The van der Waals surface area contributed by atoms with Crippen molar-refractivity contribution in [1.82, 2.24) is 14.8 Å². The first-order valence-corrected chi connectivity index (χ1v) is 12.3. The molecule has 0 radical (unpaired) electrons. The largest absolute Gasteiger partial charge is 0.451 e. The molecule has 174 valence electrons. The molecule has 1 spiro atoms. The molecule has 1 saturated heterocycles. The lowest BCUT2D eigenvalue weighted by atomic mass is 9.74. The molecule has 3 aliphatic rings. The van der Waals surface area contributed by atoms with Crippen LogP contribution in [0, 0.1) is 5.92 Å². The minimum Gasteiger partial charge on any atom is -0.451 e. The van der Waals surface area contributed by atoms with Gasteiger partial charge in [-0.2, -0.15) is 0 Å². The van der Waals surface area contributed by atoms with E-state index in [4.69, 9.17) is 4.74 Å². The van der Waals surface area contributed by atoms with Crippen LogP contribution in [0.5, 0.6) is 0 Å². The van der Waals surface area contributed by atoms with Gasteiger partial charge < -0.3 is 14.5 Å². The van der Waals surface area contributed by atoms with E-state index in [-0.39, 0.29) is 17.8 Å². The Morgan fingerprint density at radius 1 is 1.15 bits per heavy atom. The fraction of sp³-hybridized carbons (Fsp3) is 0.519. The minimum atomic E-state index is -0.580. The summed E-state index contributed by atoms with van der Waals surface area (Å²) in [6.45, 7) is 4.06. The molecule has 0 N–H and O–H groups in total. The zero-order valence-corrected chi connectivity index (χ0v) is 19.5. The maximum absolute atomic E-state index is 13.1. The van der Waals surface area contributed by atoms with Gasteiger partial charge >= 0.3 is 5.97 Å². The van der Waals surface area contributed by atoms with Gasteiger partial charge in [-0.25, -0.2) is 4.79 Å². The maximum Gasteiger partial charge on any atom is 0.339 e. The van der Waals surface area contributed by atoms with Crippen LogP contribution in [0.25, 0.3) is 11.1 Å². The molecule has 2 aromatic rings. The fourth-order valence-corrected chi connectivity index (χ4v) is 5.71. The topological polar surface area (TPSA) is 62.7 Å². The lowest BCUT2D eigenvalue weighted by Crippen LogP contribution is -2.43. The molecule has 5 rings (SSSR count). The van der Waals surface area contributed by atoms with Crippen molar-refractivity contribution < 1.29 is 14.3 Å². The van der Waals surface area contributed by atoms with Crippen LogP contribution >= 0.6 is 0 Å². The average Bonchev–Trinajstić information content (AvgIpc) is 3.14. The van der Waals surface area contributed by atoms with Crippen LogP contribution < -0.4 is 0 Å². The van der Waals surface area contributed by atoms with E-state index < -0.39 is 5.60 Å². The number of carbonyl (C=O) groups is 2. The predicted octanol–water partition coefficient (Wildman–Crippen LogP) is 4.25. The van der Waals surface area contributed by atoms with Gasteiger partial charge in [-0.05, 0) is 69.3 Å². The van der Waals surface area contributed by atoms with Crippen LogP contribution in [0.2, 0.25) is 0 Å². The monoisotopic (exact) mass is 447 g/mol. The van der Waals surface area contributed by atoms with Crippen molar-refractivity contribution in [3.8, 4) is 11.1 Å². The van der Waals surface area contributed by atoms with Crippen LogP contribution in [0.1, 0.15) is 60.9 Å². The number of piperidine rings is 1. The van der Waals surface area contributed by atoms with Crippen LogP contribution in [0.15, 0.2) is 42.7 Å². The van der Waals surface area contributed by atoms with E-state index in [1.54, 1.807) is 12.4 Å². The first-order chi connectivity index (χ1) is 16.1. The van der Waals surface area contributed by atoms with Crippen molar-refractivity contribution in [2.75, 3.05) is 33.2 Å². The number of amides is 1. The molecule has 0 unspecified atom stereocenters. The van der Waals surface area contributed by atoms with Gasteiger partial charge in [0, 0.05) is 49.6 Å². The smallest absolute Gasteiger partial charge is 0.339 e. The highest BCUT2D eigenvalue weighted by molar-refractivity contribution is 5.96. The summed E-state index contributed by atoms with van der Waals surface area (Å²) in [6.07, 6.45) is 10.3. The standard InChI is InChI=1S/C27H33N3O3/c1-29(16-17-30-14-3-2-4-15-30)25(31)20-9-11-27(12-10-20)24-8-7-21(18-23(24)26(32)33-27)22-6-5-13-28-19-22/h5-8,13,18-20H,2-4,9-12,14-17H2,1H3/t20-,27-. The number of hydrogen-bond donors (Lipinski definition) is 0. The Balaban J connectivity index is 1.22. The lowest BCUT2D eigenvalue weighted by Gasteiger charge is -2.37. The van der Waals surface area contributed by atoms with Crippen LogP contribution in [-0.2, 0) is 15.1 Å². The normalized spacial score (nSPS) is 25.0. The summed E-state index contributed by atoms with van der Waals surface area (Å²) in [5, 5.41) is 0. The highest BCUT2D eigenvalue weighted by Crippen LogP contribution is 2.49. The van der Waals surface area contributed by atoms with Crippen LogP contribution in [-0.4, -0.2) is 59.9 Å². The number of likely N-dealkylation sites (tertiary alicyclic amines) is 1. The quantitative estimate of drug-likeness (QED) is 0.642. The zero-order chi connectivity index (χ0) is 22.8. The number of fused-ring (bicyclic) bond motifs is 2. The summed E-state index contributed by atoms with van der Waals surface area (Å²) in [5.74, 6) is -0.00287. The second kappa shape index (κ2) is 9.26. The Morgan fingerprint density at radius 3 is 2.67 bits per heavy atom. The molecule has 1 saturated carbocycles. The number of pyridine rings is 1. The van der Waals surface area contributed by atoms with Crippen molar-refractivity contribution >= 4 is 11.9 Å². The lowest BCUT2D eigenvalue weighted by molar-refractivity contribution is -0.137. The first-order valence-electron chi connectivity index (χ1n) is 12.3. The van der Waals surface area contributed by atoms with Gasteiger partial charge in [-0.3, -0.25) is 9.78 Å². The van der Waals surface area contributed by atoms with Crippen molar-refractivity contribution in [3.05, 3.63) is 53.9 Å². The summed E-state index contributed by atoms with van der Waals surface area (Å²) >= 11 is 0. The van der Waals surface area contributed by atoms with Crippen molar-refractivity contribution in [3.63, 3.8) is 0 Å². The average molecular weight is 448 g/mol. The van der Waals surface area contributed by atoms with Crippen LogP contribution in [0.3, 0.4) is 0 Å². The van der Waals surface area contributed by atoms with Gasteiger partial charge in [0.15, 0.2) is 0 Å². The highest BCUT2D eigenvalue weighted by Gasteiger charge is 2.48. The Morgan fingerprint density at radius 2 is 1.94 bits per heavy atom. The molecule has 33 heavy (non-hydrogen) atoms. The molecule has 1 aliphatic carbocycles. The molecular formula is C27H33N3O3. The maximum atomic E-state index is 13.1. The van der Waals surface area contributed by atoms with E-state index in [9.17, 15) is 9.59 Å². The van der Waals surface area contributed by atoms with Gasteiger partial charge in [0.1, 0.15) is 5.60 Å². The highest BCUT2D eigenvalue weighted by atomic mass is 16.6. The number of esters is 1. The SMILES string of the molecule is CN(CCN1CCCCC1)C(=O)[C@H]1CC[C@@]2(CC1)OC(=O)c1cc(-c3cccnc3)ccc12. The molecule has 2 aliphatic heterocycles. The summed E-state index contributed by atoms with van der Waals surface area (Å²) in [5.41, 5.74) is 3.00.